The third kappa shape index (κ3) is 5.39. The first kappa shape index (κ1) is 18.1. The number of carbonyl (C=O) groups excluding carboxylic acids is 2. The molecule has 1 saturated heterocycles. The maximum atomic E-state index is 11.8. The average Bonchev–Trinajstić information content (AvgIpc) is 2.98. The molecule has 116 valence electrons. The van der Waals surface area contributed by atoms with Gasteiger partial charge in [0.25, 0.3) is 5.91 Å². The molecule has 5 nitrogen and oxygen atoms in total. The fourth-order valence-electron chi connectivity index (χ4n) is 1.79. The molecule has 2 rings (SSSR count). The third-order valence-electron chi connectivity index (χ3n) is 2.86. The summed E-state index contributed by atoms with van der Waals surface area (Å²) in [5.41, 5.74) is 0.439. The van der Waals surface area contributed by atoms with Crippen LogP contribution < -0.4 is 16.0 Å². The Morgan fingerprint density at radius 2 is 2.00 bits per heavy atom. The zero-order valence-electron chi connectivity index (χ0n) is 11.2. The van der Waals surface area contributed by atoms with E-state index in [1.165, 1.54) is 0 Å². The van der Waals surface area contributed by atoms with E-state index in [9.17, 15) is 9.59 Å². The van der Waals surface area contributed by atoms with Gasteiger partial charge in [0.2, 0.25) is 5.91 Å². The van der Waals surface area contributed by atoms with Gasteiger partial charge >= 0.3 is 0 Å². The van der Waals surface area contributed by atoms with E-state index in [2.05, 4.69) is 16.0 Å². The molecular formula is C13H17Cl2N3O2S. The van der Waals surface area contributed by atoms with Crippen LogP contribution in [0, 0.1) is 0 Å². The molecule has 1 fully saturated rings. The van der Waals surface area contributed by atoms with Crippen LogP contribution in [-0.2, 0) is 4.79 Å². The van der Waals surface area contributed by atoms with Gasteiger partial charge < -0.3 is 10.6 Å². The van der Waals surface area contributed by atoms with Crippen molar-refractivity contribution in [3.8, 4) is 0 Å². The standard InChI is InChI=1S/C13H16ClN3O2S.ClH/c14-10-4-2-1-3-9(10)12(18)15-5-6-16-13(19)11-7-20-8-17-11;/h1-4,11,17H,5-8H2,(H,15,18)(H,16,19);1H. The average molecular weight is 350 g/mol. The molecule has 0 aliphatic carbocycles. The van der Waals surface area contributed by atoms with Gasteiger partial charge in [-0.1, -0.05) is 23.7 Å². The smallest absolute Gasteiger partial charge is 0.252 e. The number of rotatable bonds is 5. The Labute approximate surface area is 139 Å². The van der Waals surface area contributed by atoms with E-state index >= 15 is 0 Å². The van der Waals surface area contributed by atoms with Gasteiger partial charge in [0, 0.05) is 24.7 Å². The van der Waals surface area contributed by atoms with Crippen LogP contribution in [0.3, 0.4) is 0 Å². The van der Waals surface area contributed by atoms with Crippen molar-refractivity contribution in [1.82, 2.24) is 16.0 Å². The van der Waals surface area contributed by atoms with Crippen LogP contribution >= 0.6 is 35.8 Å². The lowest BCUT2D eigenvalue weighted by molar-refractivity contribution is -0.122. The predicted octanol–water partition coefficient (Wildman–Crippen LogP) is 1.27. The highest BCUT2D eigenvalue weighted by Crippen LogP contribution is 2.14. The second-order valence-corrected chi connectivity index (χ2v) is 5.74. The number of thioether (sulfide) groups is 1. The van der Waals surface area contributed by atoms with Crippen LogP contribution in [0.15, 0.2) is 24.3 Å². The molecule has 1 unspecified atom stereocenters. The van der Waals surface area contributed by atoms with E-state index in [1.54, 1.807) is 36.0 Å². The molecule has 1 aliphatic rings. The summed E-state index contributed by atoms with van der Waals surface area (Å²) in [4.78, 5) is 23.5. The number of hydrogen-bond acceptors (Lipinski definition) is 4. The van der Waals surface area contributed by atoms with E-state index in [0.29, 0.717) is 23.7 Å². The quantitative estimate of drug-likeness (QED) is 0.700. The monoisotopic (exact) mass is 349 g/mol. The molecule has 0 radical (unpaired) electrons. The molecule has 0 spiro atoms. The Hall–Kier alpha value is -0.950. The minimum atomic E-state index is -0.237. The van der Waals surface area contributed by atoms with Gasteiger partial charge in [-0.05, 0) is 12.1 Å². The van der Waals surface area contributed by atoms with Crippen molar-refractivity contribution >= 4 is 47.6 Å². The summed E-state index contributed by atoms with van der Waals surface area (Å²) in [5, 5.41) is 9.01. The lowest BCUT2D eigenvalue weighted by atomic mass is 10.2. The molecule has 1 aromatic rings. The topological polar surface area (TPSA) is 70.2 Å². The summed E-state index contributed by atoms with van der Waals surface area (Å²) in [6.07, 6.45) is 0. The third-order valence-corrected chi connectivity index (χ3v) is 4.13. The maximum absolute atomic E-state index is 11.8. The fraction of sp³-hybridized carbons (Fsp3) is 0.385. The van der Waals surface area contributed by atoms with E-state index in [0.717, 1.165) is 11.6 Å². The largest absolute Gasteiger partial charge is 0.353 e. The Kier molecular flexibility index (Phi) is 7.88. The normalized spacial score (nSPS) is 16.9. The number of hydrogen-bond donors (Lipinski definition) is 3. The van der Waals surface area contributed by atoms with Gasteiger partial charge in [-0.15, -0.1) is 24.2 Å². The number of amides is 2. The molecule has 3 N–H and O–H groups in total. The van der Waals surface area contributed by atoms with Crippen LogP contribution in [0.2, 0.25) is 5.02 Å². The Bertz CT molecular complexity index is 496. The molecule has 0 saturated carbocycles. The number of halogens is 2. The molecule has 0 bridgehead atoms. The van der Waals surface area contributed by atoms with E-state index in [1.807, 2.05) is 0 Å². The number of carbonyl (C=O) groups is 2. The van der Waals surface area contributed by atoms with Crippen LogP contribution in [0.25, 0.3) is 0 Å². The van der Waals surface area contributed by atoms with Crippen molar-refractivity contribution in [3.05, 3.63) is 34.9 Å². The fourth-order valence-corrected chi connectivity index (χ4v) is 2.95. The van der Waals surface area contributed by atoms with E-state index in [-0.39, 0.29) is 30.3 Å². The van der Waals surface area contributed by atoms with Crippen molar-refractivity contribution in [3.63, 3.8) is 0 Å². The minimum absolute atomic E-state index is 0. The summed E-state index contributed by atoms with van der Waals surface area (Å²) in [6.45, 7) is 0.771. The highest BCUT2D eigenvalue weighted by Gasteiger charge is 2.21. The van der Waals surface area contributed by atoms with Gasteiger partial charge in [-0.2, -0.15) is 0 Å². The van der Waals surface area contributed by atoms with Crippen LogP contribution in [0.4, 0.5) is 0 Å². The molecule has 1 heterocycles. The number of benzene rings is 1. The summed E-state index contributed by atoms with van der Waals surface area (Å²) in [5.74, 6) is 1.33. The molecule has 1 atom stereocenters. The summed E-state index contributed by atoms with van der Waals surface area (Å²) >= 11 is 7.62. The maximum Gasteiger partial charge on any atom is 0.252 e. The highest BCUT2D eigenvalue weighted by molar-refractivity contribution is 7.99. The minimum Gasteiger partial charge on any atom is -0.353 e. The first-order chi connectivity index (χ1) is 9.68. The molecule has 1 aliphatic heterocycles. The van der Waals surface area contributed by atoms with Gasteiger partial charge in [-0.25, -0.2) is 0 Å². The molecule has 1 aromatic carbocycles. The first-order valence-corrected chi connectivity index (χ1v) is 7.83. The van der Waals surface area contributed by atoms with Crippen molar-refractivity contribution < 1.29 is 9.59 Å². The summed E-state index contributed by atoms with van der Waals surface area (Å²) in [6, 6.07) is 6.73. The van der Waals surface area contributed by atoms with E-state index < -0.39 is 0 Å². The van der Waals surface area contributed by atoms with Crippen LogP contribution in [0.5, 0.6) is 0 Å². The molecule has 2 amide bonds. The predicted molar refractivity (Wildman–Crippen MR) is 88.3 cm³/mol. The lowest BCUT2D eigenvalue weighted by Crippen LogP contribution is -2.44. The Balaban J connectivity index is 0.00000220. The van der Waals surface area contributed by atoms with Crippen molar-refractivity contribution in [2.45, 2.75) is 6.04 Å². The van der Waals surface area contributed by atoms with E-state index in [4.69, 9.17) is 11.6 Å². The molecular weight excluding hydrogens is 333 g/mol. The molecule has 8 heteroatoms. The van der Waals surface area contributed by atoms with Gasteiger partial charge in [0.15, 0.2) is 0 Å². The van der Waals surface area contributed by atoms with Gasteiger partial charge in [-0.3, -0.25) is 14.9 Å². The zero-order valence-corrected chi connectivity index (χ0v) is 13.6. The lowest BCUT2D eigenvalue weighted by Gasteiger charge is -2.11. The SMILES string of the molecule is Cl.O=C(NCCNC(=O)C1CSCN1)c1ccccc1Cl. The van der Waals surface area contributed by atoms with Crippen molar-refractivity contribution in [1.29, 1.82) is 0 Å². The highest BCUT2D eigenvalue weighted by atomic mass is 35.5. The van der Waals surface area contributed by atoms with Crippen LogP contribution in [-0.4, -0.2) is 42.6 Å². The summed E-state index contributed by atoms with van der Waals surface area (Å²) < 4.78 is 0. The van der Waals surface area contributed by atoms with Crippen LogP contribution in [0.1, 0.15) is 10.4 Å². The number of nitrogens with one attached hydrogen (secondary N) is 3. The van der Waals surface area contributed by atoms with Gasteiger partial charge in [0.1, 0.15) is 0 Å². The van der Waals surface area contributed by atoms with Crippen molar-refractivity contribution in [2.75, 3.05) is 24.7 Å². The Morgan fingerprint density at radius 1 is 1.29 bits per heavy atom. The van der Waals surface area contributed by atoms with Crippen molar-refractivity contribution in [2.24, 2.45) is 0 Å². The molecule has 21 heavy (non-hydrogen) atoms. The zero-order chi connectivity index (χ0) is 14.4. The summed E-state index contributed by atoms with van der Waals surface area (Å²) in [7, 11) is 0. The second kappa shape index (κ2) is 9.15. The van der Waals surface area contributed by atoms with Gasteiger partial charge in [0.05, 0.1) is 16.6 Å². The second-order valence-electron chi connectivity index (χ2n) is 4.30. The molecule has 0 aromatic heterocycles. The Morgan fingerprint density at radius 3 is 2.67 bits per heavy atom. The first-order valence-electron chi connectivity index (χ1n) is 6.30.